The lowest BCUT2D eigenvalue weighted by atomic mass is 9.93. The number of benzene rings is 2. The molecule has 0 spiro atoms. The second-order valence-electron chi connectivity index (χ2n) is 7.35. The molecule has 2 aliphatic rings. The topological polar surface area (TPSA) is 169 Å². The monoisotopic (exact) mass is 422 g/mol. The van der Waals surface area contributed by atoms with E-state index in [2.05, 4.69) is 0 Å². The molecule has 2 unspecified atom stereocenters. The minimum atomic E-state index is -1.53. The standard InChI is InChI=1S/C20H22O10/c21-9-4-15-10(16(5-9)30-20-18(27)17(26)14(25)7-28-20)6-13(24)19(29-15)8-1-2-11(22)12(23)3-8/h1-5,13-14,17-27H,6-7H2/t13?,14-,17+,18-,19?,20-/m1/s1. The Bertz CT molecular complexity index is 932. The van der Waals surface area contributed by atoms with E-state index >= 15 is 0 Å². The van der Waals surface area contributed by atoms with Gasteiger partial charge in [0.05, 0.1) is 12.7 Å². The van der Waals surface area contributed by atoms with Gasteiger partial charge in [0.2, 0.25) is 6.29 Å². The summed E-state index contributed by atoms with van der Waals surface area (Å²) in [7, 11) is 0. The van der Waals surface area contributed by atoms with Crippen LogP contribution in [0.5, 0.6) is 28.7 Å². The molecule has 2 aromatic carbocycles. The molecule has 2 aliphatic heterocycles. The smallest absolute Gasteiger partial charge is 0.228 e. The largest absolute Gasteiger partial charge is 0.508 e. The molecule has 162 valence electrons. The zero-order valence-electron chi connectivity index (χ0n) is 15.6. The maximum absolute atomic E-state index is 10.6. The Morgan fingerprint density at radius 2 is 1.63 bits per heavy atom. The van der Waals surface area contributed by atoms with Crippen molar-refractivity contribution in [3.63, 3.8) is 0 Å². The number of fused-ring (bicyclic) bond motifs is 1. The number of hydrogen-bond donors (Lipinski definition) is 7. The van der Waals surface area contributed by atoms with Crippen molar-refractivity contribution in [2.75, 3.05) is 6.61 Å². The number of rotatable bonds is 3. The number of phenols is 3. The van der Waals surface area contributed by atoms with Gasteiger partial charge in [0.15, 0.2) is 11.5 Å². The number of hydrogen-bond acceptors (Lipinski definition) is 10. The fourth-order valence-corrected chi connectivity index (χ4v) is 3.56. The minimum Gasteiger partial charge on any atom is -0.508 e. The molecule has 30 heavy (non-hydrogen) atoms. The molecule has 4 rings (SSSR count). The molecular weight excluding hydrogens is 400 g/mol. The predicted octanol–water partition coefficient (Wildman–Crippen LogP) is -0.342. The molecule has 0 aliphatic carbocycles. The average molecular weight is 422 g/mol. The first kappa shape index (κ1) is 20.5. The van der Waals surface area contributed by atoms with E-state index in [0.717, 1.165) is 0 Å². The van der Waals surface area contributed by atoms with E-state index in [4.69, 9.17) is 14.2 Å². The van der Waals surface area contributed by atoms with Gasteiger partial charge in [0.25, 0.3) is 0 Å². The van der Waals surface area contributed by atoms with E-state index in [1.54, 1.807) is 0 Å². The third-order valence-corrected chi connectivity index (χ3v) is 5.19. The Hall–Kier alpha value is -2.76. The van der Waals surface area contributed by atoms with E-state index in [0.29, 0.717) is 11.1 Å². The van der Waals surface area contributed by atoms with Gasteiger partial charge < -0.3 is 50.0 Å². The highest BCUT2D eigenvalue weighted by Gasteiger charge is 2.40. The van der Waals surface area contributed by atoms with Crippen molar-refractivity contribution in [2.45, 2.75) is 43.2 Å². The molecule has 2 heterocycles. The van der Waals surface area contributed by atoms with Gasteiger partial charge in [-0.25, -0.2) is 0 Å². The maximum atomic E-state index is 10.6. The van der Waals surface area contributed by atoms with E-state index in [1.165, 1.54) is 30.3 Å². The molecule has 1 fully saturated rings. The van der Waals surface area contributed by atoms with Crippen molar-refractivity contribution >= 4 is 0 Å². The average Bonchev–Trinajstić information content (AvgIpc) is 2.70. The maximum Gasteiger partial charge on any atom is 0.228 e. The lowest BCUT2D eigenvalue weighted by molar-refractivity contribution is -0.242. The summed E-state index contributed by atoms with van der Waals surface area (Å²) in [5, 5.41) is 69.4. The van der Waals surface area contributed by atoms with Crippen molar-refractivity contribution in [3.05, 3.63) is 41.5 Å². The fraction of sp³-hybridized carbons (Fsp3) is 0.400. The molecule has 0 aromatic heterocycles. The highest BCUT2D eigenvalue weighted by atomic mass is 16.7. The van der Waals surface area contributed by atoms with Crippen LogP contribution < -0.4 is 9.47 Å². The summed E-state index contributed by atoms with van der Waals surface area (Å²) >= 11 is 0. The Morgan fingerprint density at radius 1 is 0.867 bits per heavy atom. The van der Waals surface area contributed by atoms with E-state index in [1.807, 2.05) is 0 Å². The molecule has 0 saturated carbocycles. The van der Waals surface area contributed by atoms with Gasteiger partial charge in [-0.15, -0.1) is 0 Å². The lowest BCUT2D eigenvalue weighted by Gasteiger charge is -2.36. The van der Waals surface area contributed by atoms with Gasteiger partial charge in [0.1, 0.15) is 41.7 Å². The molecule has 10 heteroatoms. The zero-order valence-corrected chi connectivity index (χ0v) is 15.6. The van der Waals surface area contributed by atoms with Crippen LogP contribution in [0.25, 0.3) is 0 Å². The first-order valence-electron chi connectivity index (χ1n) is 9.29. The van der Waals surface area contributed by atoms with Gasteiger partial charge >= 0.3 is 0 Å². The van der Waals surface area contributed by atoms with Gasteiger partial charge in [0, 0.05) is 24.1 Å². The van der Waals surface area contributed by atoms with Gasteiger partial charge in [-0.05, 0) is 17.7 Å². The summed E-state index contributed by atoms with van der Waals surface area (Å²) in [6.45, 7) is -0.255. The predicted molar refractivity (Wildman–Crippen MR) is 99.3 cm³/mol. The Kier molecular flexibility index (Phi) is 5.35. The van der Waals surface area contributed by atoms with Crippen molar-refractivity contribution in [3.8, 4) is 28.7 Å². The quantitative estimate of drug-likeness (QED) is 0.325. The second-order valence-corrected chi connectivity index (χ2v) is 7.35. The molecular formula is C20H22O10. The summed E-state index contributed by atoms with van der Waals surface area (Å²) in [4.78, 5) is 0. The molecule has 0 radical (unpaired) electrons. The van der Waals surface area contributed by atoms with Crippen molar-refractivity contribution < 1.29 is 50.0 Å². The van der Waals surface area contributed by atoms with E-state index in [-0.39, 0.29) is 41.8 Å². The number of ether oxygens (including phenoxy) is 3. The first-order valence-corrected chi connectivity index (χ1v) is 9.29. The number of aromatic hydroxyl groups is 3. The molecule has 1 saturated heterocycles. The van der Waals surface area contributed by atoms with E-state index < -0.39 is 36.8 Å². The Morgan fingerprint density at radius 3 is 2.37 bits per heavy atom. The van der Waals surface area contributed by atoms with Crippen LogP contribution in [0.1, 0.15) is 17.2 Å². The van der Waals surface area contributed by atoms with Crippen LogP contribution in [-0.4, -0.2) is 73.1 Å². The summed E-state index contributed by atoms with van der Waals surface area (Å²) in [5.41, 5.74) is 0.813. The Balaban J connectivity index is 1.61. The van der Waals surface area contributed by atoms with Gasteiger partial charge in [-0.3, -0.25) is 0 Å². The van der Waals surface area contributed by atoms with Crippen LogP contribution >= 0.6 is 0 Å². The van der Waals surface area contributed by atoms with Gasteiger partial charge in [-0.1, -0.05) is 6.07 Å². The molecule has 0 bridgehead atoms. The van der Waals surface area contributed by atoms with Crippen LogP contribution in [0.15, 0.2) is 30.3 Å². The zero-order chi connectivity index (χ0) is 21.6. The first-order chi connectivity index (χ1) is 14.2. The summed E-state index contributed by atoms with van der Waals surface area (Å²) < 4.78 is 16.7. The highest BCUT2D eigenvalue weighted by molar-refractivity contribution is 5.52. The van der Waals surface area contributed by atoms with E-state index in [9.17, 15) is 35.7 Å². The third kappa shape index (κ3) is 3.71. The Labute approximate surface area is 170 Å². The number of phenolic OH excluding ortho intramolecular Hbond substituents is 3. The molecule has 7 N–H and O–H groups in total. The van der Waals surface area contributed by atoms with Crippen LogP contribution in [0.3, 0.4) is 0 Å². The number of aliphatic hydroxyl groups is 4. The summed E-state index contributed by atoms with van der Waals surface area (Å²) in [6, 6.07) is 6.63. The van der Waals surface area contributed by atoms with Crippen molar-refractivity contribution in [1.82, 2.24) is 0 Å². The normalized spacial score (nSPS) is 30.9. The van der Waals surface area contributed by atoms with Crippen molar-refractivity contribution in [1.29, 1.82) is 0 Å². The van der Waals surface area contributed by atoms with Crippen LogP contribution in [-0.2, 0) is 11.2 Å². The van der Waals surface area contributed by atoms with Gasteiger partial charge in [-0.2, -0.15) is 0 Å². The third-order valence-electron chi connectivity index (χ3n) is 5.19. The molecule has 6 atom stereocenters. The molecule has 10 nitrogen and oxygen atoms in total. The summed E-state index contributed by atoms with van der Waals surface area (Å²) in [5.74, 6) is -0.602. The second kappa shape index (κ2) is 7.82. The van der Waals surface area contributed by atoms with Crippen LogP contribution in [0.2, 0.25) is 0 Å². The molecule has 0 amide bonds. The van der Waals surface area contributed by atoms with Crippen LogP contribution in [0.4, 0.5) is 0 Å². The minimum absolute atomic E-state index is 0.0469. The molecule has 2 aromatic rings. The van der Waals surface area contributed by atoms with Crippen molar-refractivity contribution in [2.24, 2.45) is 0 Å². The lowest BCUT2D eigenvalue weighted by Crippen LogP contribution is -2.54. The summed E-state index contributed by atoms with van der Waals surface area (Å²) in [6.07, 6.45) is -7.46. The highest BCUT2D eigenvalue weighted by Crippen LogP contribution is 2.43. The van der Waals surface area contributed by atoms with Crippen LogP contribution in [0, 0.1) is 0 Å². The SMILES string of the molecule is Oc1cc2c(c(O[C@H]3OC[C@@H](O)[C@H](O)[C@H]3O)c1)CC(O)C(c1ccc(O)c(O)c1)O2. The fourth-order valence-electron chi connectivity index (χ4n) is 3.56. The number of aliphatic hydroxyl groups excluding tert-OH is 4.